The van der Waals surface area contributed by atoms with Crippen LogP contribution in [0.25, 0.3) is 0 Å². The first kappa shape index (κ1) is 13.1. The molecule has 1 heterocycles. The fraction of sp³-hybridized carbons (Fsp3) is 0.583. The van der Waals surface area contributed by atoms with Crippen LogP contribution in [0, 0.1) is 6.92 Å². The number of thioether (sulfide) groups is 1. The molecule has 0 aliphatic heterocycles. The van der Waals surface area contributed by atoms with Crippen molar-refractivity contribution in [3.8, 4) is 0 Å². The molecule has 2 N–H and O–H groups in total. The lowest BCUT2D eigenvalue weighted by atomic mass is 10.2. The fourth-order valence-electron chi connectivity index (χ4n) is 2.10. The maximum absolute atomic E-state index is 11.7. The number of hydrogen-bond donors (Lipinski definition) is 2. The van der Waals surface area contributed by atoms with Crippen molar-refractivity contribution in [3.05, 3.63) is 22.2 Å². The lowest BCUT2D eigenvalue weighted by Gasteiger charge is -2.11. The highest BCUT2D eigenvalue weighted by molar-refractivity contribution is 7.99. The van der Waals surface area contributed by atoms with Gasteiger partial charge in [-0.2, -0.15) is 4.98 Å². The van der Waals surface area contributed by atoms with Crippen molar-refractivity contribution < 1.29 is 4.79 Å². The largest absolute Gasteiger partial charge is 0.353 e. The molecule has 0 aromatic carbocycles. The topological polar surface area (TPSA) is 74.8 Å². The third-order valence-electron chi connectivity index (χ3n) is 2.93. The number of carbonyl (C=O) groups excluding carboxylic acids is 1. The molecule has 1 saturated carbocycles. The second kappa shape index (κ2) is 6.04. The van der Waals surface area contributed by atoms with E-state index in [9.17, 15) is 9.59 Å². The zero-order valence-electron chi connectivity index (χ0n) is 10.4. The summed E-state index contributed by atoms with van der Waals surface area (Å²) in [6, 6.07) is 2.11. The molecule has 1 aromatic heterocycles. The first-order valence-corrected chi connectivity index (χ1v) is 7.12. The van der Waals surface area contributed by atoms with E-state index in [0.717, 1.165) is 18.5 Å². The Morgan fingerprint density at radius 2 is 2.28 bits per heavy atom. The van der Waals surface area contributed by atoms with E-state index in [-0.39, 0.29) is 11.6 Å². The smallest absolute Gasteiger partial charge is 0.346 e. The normalized spacial score (nSPS) is 15.8. The number of aromatic nitrogens is 2. The molecule has 1 aromatic rings. The Kier molecular flexibility index (Phi) is 4.41. The predicted molar refractivity (Wildman–Crippen MR) is 70.7 cm³/mol. The van der Waals surface area contributed by atoms with Crippen molar-refractivity contribution in [3.63, 3.8) is 0 Å². The van der Waals surface area contributed by atoms with Crippen LogP contribution in [0.15, 0.2) is 15.9 Å². The van der Waals surface area contributed by atoms with Gasteiger partial charge < -0.3 is 10.3 Å². The highest BCUT2D eigenvalue weighted by atomic mass is 32.2. The molecule has 1 aliphatic rings. The number of carbonyl (C=O) groups is 1. The number of aryl methyl sites for hydroxylation is 1. The third kappa shape index (κ3) is 3.87. The molecule has 0 spiro atoms. The Hall–Kier alpha value is -1.30. The average Bonchev–Trinajstić information content (AvgIpc) is 2.78. The Labute approximate surface area is 110 Å². The zero-order chi connectivity index (χ0) is 13.0. The molecule has 1 amide bonds. The SMILES string of the molecule is Cc1cc(SCC(=O)NC2CCCC2)nc(=O)[nH]1. The van der Waals surface area contributed by atoms with Crippen molar-refractivity contribution >= 4 is 17.7 Å². The first-order valence-electron chi connectivity index (χ1n) is 6.13. The lowest BCUT2D eigenvalue weighted by molar-refractivity contribution is -0.119. The molecule has 5 nitrogen and oxygen atoms in total. The maximum Gasteiger partial charge on any atom is 0.346 e. The highest BCUT2D eigenvalue weighted by Gasteiger charge is 2.17. The lowest BCUT2D eigenvalue weighted by Crippen LogP contribution is -2.33. The summed E-state index contributed by atoms with van der Waals surface area (Å²) in [6.45, 7) is 1.80. The minimum absolute atomic E-state index is 0.0200. The molecule has 98 valence electrons. The van der Waals surface area contributed by atoms with E-state index >= 15 is 0 Å². The van der Waals surface area contributed by atoms with Crippen LogP contribution in [0.1, 0.15) is 31.4 Å². The van der Waals surface area contributed by atoms with Crippen LogP contribution in [-0.4, -0.2) is 27.7 Å². The van der Waals surface area contributed by atoms with Crippen LogP contribution in [-0.2, 0) is 4.79 Å². The van der Waals surface area contributed by atoms with Crippen LogP contribution < -0.4 is 11.0 Å². The predicted octanol–water partition coefficient (Wildman–Crippen LogP) is 1.23. The van der Waals surface area contributed by atoms with Crippen LogP contribution >= 0.6 is 11.8 Å². The van der Waals surface area contributed by atoms with Gasteiger partial charge in [-0.15, -0.1) is 0 Å². The first-order chi connectivity index (χ1) is 8.63. The van der Waals surface area contributed by atoms with Gasteiger partial charge in [0.1, 0.15) is 5.03 Å². The molecule has 0 radical (unpaired) electrons. The minimum Gasteiger partial charge on any atom is -0.353 e. The molecule has 6 heteroatoms. The van der Waals surface area contributed by atoms with Crippen molar-refractivity contribution in [2.45, 2.75) is 43.7 Å². The molecule has 0 saturated heterocycles. The molecule has 0 atom stereocenters. The average molecular weight is 267 g/mol. The second-order valence-electron chi connectivity index (χ2n) is 4.55. The van der Waals surface area contributed by atoms with Gasteiger partial charge in [0.25, 0.3) is 0 Å². The fourth-order valence-corrected chi connectivity index (χ4v) is 2.87. The summed E-state index contributed by atoms with van der Waals surface area (Å²) in [5, 5.41) is 3.60. The van der Waals surface area contributed by atoms with Crippen LogP contribution in [0.3, 0.4) is 0 Å². The Bertz CT molecular complexity index is 480. The van der Waals surface area contributed by atoms with Crippen LogP contribution in [0.4, 0.5) is 0 Å². The van der Waals surface area contributed by atoms with Gasteiger partial charge >= 0.3 is 5.69 Å². The second-order valence-corrected chi connectivity index (χ2v) is 5.54. The van der Waals surface area contributed by atoms with Crippen LogP contribution in [0.2, 0.25) is 0 Å². The minimum atomic E-state index is -0.367. The summed E-state index contributed by atoms with van der Waals surface area (Å²) in [5.74, 6) is 0.332. The Morgan fingerprint density at radius 1 is 1.56 bits per heavy atom. The summed E-state index contributed by atoms with van der Waals surface area (Å²) in [4.78, 5) is 29.2. The Morgan fingerprint density at radius 3 is 2.94 bits per heavy atom. The van der Waals surface area contributed by atoms with Gasteiger partial charge in [0.2, 0.25) is 5.91 Å². The van der Waals surface area contributed by atoms with E-state index in [0.29, 0.717) is 16.8 Å². The van der Waals surface area contributed by atoms with E-state index in [1.54, 1.807) is 13.0 Å². The van der Waals surface area contributed by atoms with Crippen LogP contribution in [0.5, 0.6) is 0 Å². The third-order valence-corrected chi connectivity index (χ3v) is 3.84. The van der Waals surface area contributed by atoms with Crippen molar-refractivity contribution in [2.75, 3.05) is 5.75 Å². The molecule has 1 fully saturated rings. The van der Waals surface area contributed by atoms with Gasteiger partial charge in [0.15, 0.2) is 0 Å². The number of aromatic amines is 1. The summed E-state index contributed by atoms with van der Waals surface area (Å²) in [5.41, 5.74) is 0.391. The zero-order valence-corrected chi connectivity index (χ0v) is 11.2. The van der Waals surface area contributed by atoms with E-state index in [2.05, 4.69) is 15.3 Å². The molecule has 2 rings (SSSR count). The number of nitrogens with zero attached hydrogens (tertiary/aromatic N) is 1. The van der Waals surface area contributed by atoms with Crippen molar-refractivity contribution in [2.24, 2.45) is 0 Å². The van der Waals surface area contributed by atoms with E-state index in [4.69, 9.17) is 0 Å². The standard InChI is InChI=1S/C12H17N3O2S/c1-8-6-11(15-12(17)13-8)18-7-10(16)14-9-4-2-3-5-9/h6,9H,2-5,7H2,1H3,(H,14,16)(H,13,15,17). The summed E-state index contributed by atoms with van der Waals surface area (Å²) < 4.78 is 0. The van der Waals surface area contributed by atoms with E-state index < -0.39 is 0 Å². The monoisotopic (exact) mass is 267 g/mol. The number of amides is 1. The van der Waals surface area contributed by atoms with Crippen molar-refractivity contribution in [1.82, 2.24) is 15.3 Å². The van der Waals surface area contributed by atoms with E-state index in [1.807, 2.05) is 0 Å². The van der Waals surface area contributed by atoms with Gasteiger partial charge in [0, 0.05) is 11.7 Å². The number of nitrogens with one attached hydrogen (secondary N) is 2. The number of hydrogen-bond acceptors (Lipinski definition) is 4. The maximum atomic E-state index is 11.7. The molecule has 18 heavy (non-hydrogen) atoms. The molecule has 0 bridgehead atoms. The summed E-state index contributed by atoms with van der Waals surface area (Å²) in [6.07, 6.45) is 4.57. The van der Waals surface area contributed by atoms with Crippen molar-refractivity contribution in [1.29, 1.82) is 0 Å². The van der Waals surface area contributed by atoms with Gasteiger partial charge in [-0.3, -0.25) is 4.79 Å². The van der Waals surface area contributed by atoms with E-state index in [1.165, 1.54) is 24.6 Å². The van der Waals surface area contributed by atoms with Gasteiger partial charge in [-0.05, 0) is 25.8 Å². The summed E-state index contributed by atoms with van der Waals surface area (Å²) >= 11 is 1.30. The van der Waals surface area contributed by atoms with Gasteiger partial charge in [-0.1, -0.05) is 24.6 Å². The van der Waals surface area contributed by atoms with Gasteiger partial charge in [0.05, 0.1) is 5.75 Å². The molecule has 0 unspecified atom stereocenters. The molecular weight excluding hydrogens is 250 g/mol. The quantitative estimate of drug-likeness (QED) is 0.635. The number of rotatable bonds is 4. The molecular formula is C12H17N3O2S. The highest BCUT2D eigenvalue weighted by Crippen LogP contribution is 2.18. The number of H-pyrrole nitrogens is 1. The molecule has 1 aliphatic carbocycles. The van der Waals surface area contributed by atoms with Gasteiger partial charge in [-0.25, -0.2) is 4.79 Å². The summed E-state index contributed by atoms with van der Waals surface area (Å²) in [7, 11) is 0. The Balaban J connectivity index is 1.83.